The molecule has 1 atom stereocenters. The fourth-order valence-corrected chi connectivity index (χ4v) is 5.16. The van der Waals surface area contributed by atoms with Crippen molar-refractivity contribution in [2.24, 2.45) is 5.92 Å². The van der Waals surface area contributed by atoms with Gasteiger partial charge in [-0.25, -0.2) is 4.98 Å². The van der Waals surface area contributed by atoms with Crippen LogP contribution in [0, 0.1) is 17.2 Å². The van der Waals surface area contributed by atoms with Gasteiger partial charge in [-0.15, -0.1) is 11.8 Å². The number of piperidine rings is 1. The molecule has 2 N–H and O–H groups in total. The summed E-state index contributed by atoms with van der Waals surface area (Å²) in [6.07, 6.45) is 11.2. The zero-order chi connectivity index (χ0) is 22.8. The van der Waals surface area contributed by atoms with E-state index >= 15 is 0 Å². The quantitative estimate of drug-likeness (QED) is 0.310. The van der Waals surface area contributed by atoms with Gasteiger partial charge >= 0.3 is 0 Å². The molecule has 10 nitrogen and oxygen atoms in total. The van der Waals surface area contributed by atoms with E-state index in [4.69, 9.17) is 4.98 Å². The predicted molar refractivity (Wildman–Crippen MR) is 125 cm³/mol. The zero-order valence-corrected chi connectivity index (χ0v) is 19.2. The Hall–Kier alpha value is -3.39. The molecular formula is C22H25N9OS. The van der Waals surface area contributed by atoms with Crippen molar-refractivity contribution in [3.8, 4) is 6.07 Å². The lowest BCUT2D eigenvalue weighted by Gasteiger charge is -2.32. The van der Waals surface area contributed by atoms with Crippen LogP contribution in [0.15, 0.2) is 35.3 Å². The molecule has 1 amide bonds. The molecule has 2 fully saturated rings. The number of amides is 1. The van der Waals surface area contributed by atoms with Crippen LogP contribution in [-0.4, -0.2) is 59.1 Å². The van der Waals surface area contributed by atoms with Gasteiger partial charge in [0.1, 0.15) is 16.7 Å². The van der Waals surface area contributed by atoms with Gasteiger partial charge in [0.05, 0.1) is 23.5 Å². The number of anilines is 2. The van der Waals surface area contributed by atoms with Gasteiger partial charge < -0.3 is 10.2 Å². The number of nitrogens with zero attached hydrogens (tertiary/aromatic N) is 7. The van der Waals surface area contributed by atoms with Gasteiger partial charge in [-0.2, -0.15) is 20.4 Å². The summed E-state index contributed by atoms with van der Waals surface area (Å²) in [5.41, 5.74) is 1.75. The van der Waals surface area contributed by atoms with Gasteiger partial charge in [0, 0.05) is 31.1 Å². The lowest BCUT2D eigenvalue weighted by molar-refractivity contribution is -0.127. The fourth-order valence-electron chi connectivity index (χ4n) is 3.89. The number of fused-ring (bicyclic) bond motifs is 1. The molecule has 3 aromatic heterocycles. The number of aryl methyl sites for hydroxylation is 1. The highest BCUT2D eigenvalue weighted by Crippen LogP contribution is 2.34. The number of nitrogens with one attached hydrogen (secondary N) is 2. The summed E-state index contributed by atoms with van der Waals surface area (Å²) in [7, 11) is 0. The van der Waals surface area contributed by atoms with E-state index in [0.29, 0.717) is 30.6 Å². The molecule has 0 radical (unpaired) electrons. The first-order valence-corrected chi connectivity index (χ1v) is 12.1. The van der Waals surface area contributed by atoms with Crippen LogP contribution >= 0.6 is 11.8 Å². The Labute approximate surface area is 195 Å². The number of aromatic nitrogens is 6. The van der Waals surface area contributed by atoms with Gasteiger partial charge in [-0.1, -0.05) is 6.08 Å². The third-order valence-electron chi connectivity index (χ3n) is 5.81. The van der Waals surface area contributed by atoms with E-state index in [1.807, 2.05) is 28.8 Å². The van der Waals surface area contributed by atoms with Crippen LogP contribution in [0.1, 0.15) is 32.6 Å². The summed E-state index contributed by atoms with van der Waals surface area (Å²) < 4.78 is 1.83. The minimum absolute atomic E-state index is 0.152. The summed E-state index contributed by atoms with van der Waals surface area (Å²) in [5, 5.41) is 25.9. The average molecular weight is 464 g/mol. The average Bonchev–Trinajstić information content (AvgIpc) is 3.32. The highest BCUT2D eigenvalue weighted by Gasteiger charge is 2.29. The molecule has 5 rings (SSSR count). The Kier molecular flexibility index (Phi) is 6.00. The first-order chi connectivity index (χ1) is 16.1. The highest BCUT2D eigenvalue weighted by atomic mass is 32.2. The maximum atomic E-state index is 12.9. The number of nitriles is 1. The van der Waals surface area contributed by atoms with Crippen molar-refractivity contribution in [1.29, 1.82) is 5.26 Å². The maximum absolute atomic E-state index is 12.9. The number of rotatable bonds is 7. The van der Waals surface area contributed by atoms with Crippen LogP contribution in [0.4, 0.5) is 11.6 Å². The molecule has 0 bridgehead atoms. The second-order valence-corrected chi connectivity index (χ2v) is 9.65. The maximum Gasteiger partial charge on any atom is 0.264 e. The number of hydrogen-bond acceptors (Lipinski definition) is 8. The Balaban J connectivity index is 1.33. The third kappa shape index (κ3) is 4.85. The third-order valence-corrected chi connectivity index (χ3v) is 7.06. The number of H-pyrrole nitrogens is 1. The highest BCUT2D eigenvalue weighted by molar-refractivity contribution is 8.00. The monoisotopic (exact) mass is 463 g/mol. The summed E-state index contributed by atoms with van der Waals surface area (Å²) in [6.45, 7) is 4.07. The van der Waals surface area contributed by atoms with Crippen LogP contribution in [0.5, 0.6) is 0 Å². The van der Waals surface area contributed by atoms with Gasteiger partial charge in [0.15, 0.2) is 5.65 Å². The lowest BCUT2D eigenvalue weighted by Crippen LogP contribution is -2.41. The molecular weight excluding hydrogens is 438 g/mol. The standard InChI is InChI=1S/C22H25N9OS/c1-2-31-12-16(10-25-31)26-22-27-19-18(11-24-29-19)20(28-22)33-17-4-3-7-30(13-17)21(32)15(9-23)8-14-5-6-14/h8,10-12,14,17H,2-7,13H2,1H3,(H2,24,26,27,28,29)/b15-8+/t17-/m1/s1. The minimum Gasteiger partial charge on any atom is -0.337 e. The predicted octanol–water partition coefficient (Wildman–Crippen LogP) is 3.26. The van der Waals surface area contributed by atoms with E-state index in [-0.39, 0.29) is 16.7 Å². The molecule has 1 saturated carbocycles. The molecule has 170 valence electrons. The first-order valence-electron chi connectivity index (χ1n) is 11.2. The molecule has 33 heavy (non-hydrogen) atoms. The van der Waals surface area contributed by atoms with Gasteiger partial charge in [-0.05, 0) is 38.5 Å². The largest absolute Gasteiger partial charge is 0.337 e. The van der Waals surface area contributed by atoms with Crippen LogP contribution in [0.2, 0.25) is 0 Å². The van der Waals surface area contributed by atoms with Crippen LogP contribution in [-0.2, 0) is 11.3 Å². The molecule has 3 aromatic rings. The summed E-state index contributed by atoms with van der Waals surface area (Å²) in [4.78, 5) is 24.0. The molecule has 2 aliphatic rings. The van der Waals surface area contributed by atoms with Crippen molar-refractivity contribution in [2.45, 2.75) is 49.4 Å². The Bertz CT molecular complexity index is 1240. The molecule has 1 aliphatic heterocycles. The molecule has 11 heteroatoms. The van der Waals surface area contributed by atoms with Crippen molar-refractivity contribution >= 4 is 40.3 Å². The van der Waals surface area contributed by atoms with Crippen LogP contribution in [0.25, 0.3) is 11.0 Å². The van der Waals surface area contributed by atoms with Crippen molar-refractivity contribution in [3.05, 3.63) is 30.2 Å². The molecule has 1 saturated heterocycles. The summed E-state index contributed by atoms with van der Waals surface area (Å²) in [5.74, 6) is 0.707. The Morgan fingerprint density at radius 2 is 2.24 bits per heavy atom. The summed E-state index contributed by atoms with van der Waals surface area (Å²) >= 11 is 1.63. The van der Waals surface area contributed by atoms with Gasteiger partial charge in [0.2, 0.25) is 5.95 Å². The smallest absolute Gasteiger partial charge is 0.264 e. The number of thioether (sulfide) groups is 1. The van der Waals surface area contributed by atoms with E-state index in [1.54, 1.807) is 24.2 Å². The lowest BCUT2D eigenvalue weighted by atomic mass is 10.1. The normalized spacial score (nSPS) is 19.0. The Morgan fingerprint density at radius 1 is 1.36 bits per heavy atom. The second kappa shape index (κ2) is 9.23. The number of carbonyl (C=O) groups excluding carboxylic acids is 1. The van der Waals surface area contributed by atoms with Crippen molar-refractivity contribution in [2.75, 3.05) is 18.4 Å². The van der Waals surface area contributed by atoms with Crippen molar-refractivity contribution < 1.29 is 4.79 Å². The van der Waals surface area contributed by atoms with E-state index < -0.39 is 0 Å². The van der Waals surface area contributed by atoms with Gasteiger partial charge in [-0.3, -0.25) is 14.6 Å². The number of carbonyl (C=O) groups is 1. The number of aromatic amines is 1. The molecule has 0 aromatic carbocycles. The topological polar surface area (TPSA) is 128 Å². The first kappa shape index (κ1) is 21.5. The zero-order valence-electron chi connectivity index (χ0n) is 18.4. The van der Waals surface area contributed by atoms with E-state index in [9.17, 15) is 10.1 Å². The number of allylic oxidation sites excluding steroid dienone is 1. The van der Waals surface area contributed by atoms with E-state index in [0.717, 1.165) is 48.3 Å². The SMILES string of the molecule is CCn1cc(Nc2nc(S[C@@H]3CCCN(C(=O)/C(C#N)=C/C4CC4)C3)c3cn[nH]c3n2)cn1. The van der Waals surface area contributed by atoms with Crippen molar-refractivity contribution in [3.63, 3.8) is 0 Å². The molecule has 0 spiro atoms. The fraction of sp³-hybridized carbons (Fsp3) is 0.455. The van der Waals surface area contributed by atoms with Gasteiger partial charge in [0.25, 0.3) is 5.91 Å². The van der Waals surface area contributed by atoms with E-state index in [2.05, 4.69) is 31.7 Å². The minimum atomic E-state index is -0.152. The molecule has 4 heterocycles. The van der Waals surface area contributed by atoms with Crippen LogP contribution < -0.4 is 5.32 Å². The Morgan fingerprint density at radius 3 is 3.00 bits per heavy atom. The number of hydrogen-bond donors (Lipinski definition) is 2. The second-order valence-electron chi connectivity index (χ2n) is 8.36. The summed E-state index contributed by atoms with van der Waals surface area (Å²) in [6, 6.07) is 2.11. The van der Waals surface area contributed by atoms with Crippen LogP contribution in [0.3, 0.4) is 0 Å². The van der Waals surface area contributed by atoms with E-state index in [1.165, 1.54) is 0 Å². The molecule has 1 aliphatic carbocycles. The number of likely N-dealkylation sites (tertiary alicyclic amines) is 1. The van der Waals surface area contributed by atoms with Crippen molar-refractivity contribution in [1.82, 2.24) is 34.8 Å². The molecule has 0 unspecified atom stereocenters.